The number of carbonyl (C=O) groups excluding carboxylic acids is 2. The minimum atomic E-state index is -0.747. The molecule has 0 aliphatic heterocycles. The first-order valence-corrected chi connectivity index (χ1v) is 8.60. The number of hydrogen-bond acceptors (Lipinski definition) is 4. The topological polar surface area (TPSA) is 55.4 Å². The molecular weight excluding hydrogens is 317 g/mol. The first kappa shape index (κ1) is 19.5. The van der Waals surface area contributed by atoms with Crippen molar-refractivity contribution in [2.24, 2.45) is 0 Å². The number of alkyl carbamates (subject to hydrolysis) is 1. The fourth-order valence-corrected chi connectivity index (χ4v) is 2.59. The van der Waals surface area contributed by atoms with E-state index < -0.39 is 17.7 Å². The fraction of sp³-hybridized carbons (Fsp3) is 0.529. The number of amides is 1. The van der Waals surface area contributed by atoms with Crippen LogP contribution in [0.4, 0.5) is 9.18 Å². The summed E-state index contributed by atoms with van der Waals surface area (Å²) in [6.45, 7) is 7.23. The summed E-state index contributed by atoms with van der Waals surface area (Å²) >= 11 is 1.16. The van der Waals surface area contributed by atoms with Crippen LogP contribution in [0.3, 0.4) is 0 Å². The van der Waals surface area contributed by atoms with E-state index in [0.717, 1.165) is 18.2 Å². The Morgan fingerprint density at radius 1 is 1.35 bits per heavy atom. The van der Waals surface area contributed by atoms with E-state index in [9.17, 15) is 14.0 Å². The van der Waals surface area contributed by atoms with Crippen LogP contribution in [0.5, 0.6) is 0 Å². The quantitative estimate of drug-likeness (QED) is 0.852. The van der Waals surface area contributed by atoms with E-state index >= 15 is 0 Å². The first-order chi connectivity index (χ1) is 10.7. The zero-order valence-electron chi connectivity index (χ0n) is 14.0. The monoisotopic (exact) mass is 341 g/mol. The number of carbonyl (C=O) groups is 2. The Hall–Kier alpha value is -1.56. The molecule has 0 unspecified atom stereocenters. The molecule has 1 atom stereocenters. The Balaban J connectivity index is 2.80. The molecule has 0 bridgehead atoms. The Labute approximate surface area is 141 Å². The van der Waals surface area contributed by atoms with Crippen LogP contribution in [0.25, 0.3) is 0 Å². The van der Waals surface area contributed by atoms with Gasteiger partial charge in [0.1, 0.15) is 17.5 Å². The van der Waals surface area contributed by atoms with Crippen molar-refractivity contribution in [3.8, 4) is 0 Å². The van der Waals surface area contributed by atoms with Crippen molar-refractivity contribution in [3.05, 3.63) is 35.6 Å². The predicted molar refractivity (Wildman–Crippen MR) is 91.0 cm³/mol. The lowest BCUT2D eigenvalue weighted by molar-refractivity contribution is -0.112. The molecule has 1 aromatic carbocycles. The molecule has 4 nitrogen and oxygen atoms in total. The maximum Gasteiger partial charge on any atom is 0.408 e. The first-order valence-electron chi connectivity index (χ1n) is 7.62. The van der Waals surface area contributed by atoms with Crippen molar-refractivity contribution >= 4 is 23.0 Å². The molecule has 0 aromatic heterocycles. The van der Waals surface area contributed by atoms with Gasteiger partial charge in [0, 0.05) is 12.2 Å². The van der Waals surface area contributed by atoms with Crippen LogP contribution in [0.15, 0.2) is 24.3 Å². The van der Waals surface area contributed by atoms with Gasteiger partial charge >= 0.3 is 6.09 Å². The smallest absolute Gasteiger partial charge is 0.408 e. The summed E-state index contributed by atoms with van der Waals surface area (Å²) in [6, 6.07) is 5.27. The van der Waals surface area contributed by atoms with Gasteiger partial charge in [0.25, 0.3) is 0 Å². The van der Waals surface area contributed by atoms with E-state index in [0.29, 0.717) is 11.3 Å². The summed E-state index contributed by atoms with van der Waals surface area (Å²) in [4.78, 5) is 24.2. The lowest BCUT2D eigenvalue weighted by atomic mass is 10.1. The molecular formula is C17H24FNO3S. The predicted octanol–water partition coefficient (Wildman–Crippen LogP) is 3.93. The molecule has 0 aliphatic rings. The highest BCUT2D eigenvalue weighted by Crippen LogP contribution is 2.14. The number of thioether (sulfide) groups is 1. The zero-order chi connectivity index (χ0) is 17.5. The number of ether oxygens (including phenoxy) is 1. The van der Waals surface area contributed by atoms with Crippen molar-refractivity contribution < 1.29 is 18.7 Å². The minimum absolute atomic E-state index is 0.151. The van der Waals surface area contributed by atoms with E-state index in [4.69, 9.17) is 4.74 Å². The van der Waals surface area contributed by atoms with E-state index in [2.05, 4.69) is 5.32 Å². The molecule has 0 fully saturated rings. The third-order valence-electron chi connectivity index (χ3n) is 2.75. The Morgan fingerprint density at radius 3 is 2.61 bits per heavy atom. The van der Waals surface area contributed by atoms with Gasteiger partial charge < -0.3 is 10.1 Å². The molecule has 23 heavy (non-hydrogen) atoms. The molecule has 0 aliphatic carbocycles. The second-order valence-electron chi connectivity index (χ2n) is 6.20. The second kappa shape index (κ2) is 8.91. The number of halogens is 1. The summed E-state index contributed by atoms with van der Waals surface area (Å²) in [6.07, 6.45) is 0.437. The summed E-state index contributed by atoms with van der Waals surface area (Å²) in [5.74, 6) is 0.307. The third kappa shape index (κ3) is 8.02. The average Bonchev–Trinajstić information content (AvgIpc) is 2.42. The Kier molecular flexibility index (Phi) is 7.55. The molecule has 128 valence electrons. The fourth-order valence-electron chi connectivity index (χ4n) is 1.85. The lowest BCUT2D eigenvalue weighted by Gasteiger charge is -2.23. The normalized spacial score (nSPS) is 12.6. The Bertz CT molecular complexity index is 543. The van der Waals surface area contributed by atoms with Crippen molar-refractivity contribution in [1.82, 2.24) is 5.32 Å². The van der Waals surface area contributed by atoms with Gasteiger partial charge in [-0.3, -0.25) is 4.79 Å². The largest absolute Gasteiger partial charge is 0.444 e. The minimum Gasteiger partial charge on any atom is -0.444 e. The van der Waals surface area contributed by atoms with Crippen LogP contribution in [-0.4, -0.2) is 28.6 Å². The maximum atomic E-state index is 13.3. The molecule has 0 saturated carbocycles. The molecule has 1 N–H and O–H groups in total. The Morgan fingerprint density at radius 2 is 2.04 bits per heavy atom. The lowest BCUT2D eigenvalue weighted by Crippen LogP contribution is -2.44. The summed E-state index contributed by atoms with van der Waals surface area (Å²) in [7, 11) is 0. The van der Waals surface area contributed by atoms with E-state index in [-0.39, 0.29) is 17.4 Å². The molecule has 1 aromatic rings. The van der Waals surface area contributed by atoms with Gasteiger partial charge in [-0.25, -0.2) is 9.18 Å². The van der Waals surface area contributed by atoms with Crippen molar-refractivity contribution in [3.63, 3.8) is 0 Å². The molecule has 6 heteroatoms. The maximum absolute atomic E-state index is 13.3. The van der Waals surface area contributed by atoms with E-state index in [1.54, 1.807) is 32.9 Å². The van der Waals surface area contributed by atoms with Gasteiger partial charge in [-0.15, -0.1) is 0 Å². The van der Waals surface area contributed by atoms with Crippen molar-refractivity contribution in [2.45, 2.75) is 52.2 Å². The van der Waals surface area contributed by atoms with Gasteiger partial charge in [0.15, 0.2) is 0 Å². The SMILES string of the molecule is CCCSC(=O)[C@H](Cc1cccc(F)c1)NC(=O)OC(C)(C)C. The second-order valence-corrected chi connectivity index (χ2v) is 7.30. The highest BCUT2D eigenvalue weighted by molar-refractivity contribution is 8.13. The van der Waals surface area contributed by atoms with Crippen LogP contribution in [0, 0.1) is 5.82 Å². The average molecular weight is 341 g/mol. The van der Waals surface area contributed by atoms with E-state index in [1.165, 1.54) is 12.1 Å². The third-order valence-corrected chi connectivity index (χ3v) is 3.93. The number of nitrogens with one attached hydrogen (secondary N) is 1. The highest BCUT2D eigenvalue weighted by atomic mass is 32.2. The van der Waals surface area contributed by atoms with Crippen molar-refractivity contribution in [1.29, 1.82) is 0 Å². The molecule has 1 rings (SSSR count). The van der Waals surface area contributed by atoms with Crippen LogP contribution in [0.2, 0.25) is 0 Å². The van der Waals surface area contributed by atoms with Crippen LogP contribution < -0.4 is 5.32 Å². The van der Waals surface area contributed by atoms with Gasteiger partial charge in [-0.05, 0) is 44.9 Å². The van der Waals surface area contributed by atoms with Gasteiger partial charge in [-0.2, -0.15) is 0 Å². The molecule has 0 saturated heterocycles. The highest BCUT2D eigenvalue weighted by Gasteiger charge is 2.24. The standard InChI is InChI=1S/C17H24FNO3S/c1-5-9-23-15(20)14(19-16(21)22-17(2,3)4)11-12-7-6-8-13(18)10-12/h6-8,10,14H,5,9,11H2,1-4H3,(H,19,21)/t14-/m0/s1. The molecule has 0 heterocycles. The van der Waals surface area contributed by atoms with Gasteiger partial charge in [-0.1, -0.05) is 30.8 Å². The summed E-state index contributed by atoms with van der Waals surface area (Å²) < 4.78 is 18.5. The van der Waals surface area contributed by atoms with Crippen LogP contribution in [-0.2, 0) is 16.0 Å². The number of hydrogen-bond donors (Lipinski definition) is 1. The summed E-state index contributed by atoms with van der Waals surface area (Å²) in [5, 5.41) is 2.45. The van der Waals surface area contributed by atoms with E-state index in [1.807, 2.05) is 6.92 Å². The molecule has 1 amide bonds. The number of rotatable bonds is 6. The molecule has 0 spiro atoms. The number of benzene rings is 1. The van der Waals surface area contributed by atoms with Crippen molar-refractivity contribution in [2.75, 3.05) is 5.75 Å². The molecule has 0 radical (unpaired) electrons. The summed E-state index contributed by atoms with van der Waals surface area (Å²) in [5.41, 5.74) is 0.00381. The van der Waals surface area contributed by atoms with Crippen LogP contribution >= 0.6 is 11.8 Å². The zero-order valence-corrected chi connectivity index (χ0v) is 14.8. The van der Waals surface area contributed by atoms with Gasteiger partial charge in [0.2, 0.25) is 5.12 Å². The van der Waals surface area contributed by atoms with Gasteiger partial charge in [0.05, 0.1) is 0 Å². The van der Waals surface area contributed by atoms with Crippen LogP contribution in [0.1, 0.15) is 39.7 Å².